The Morgan fingerprint density at radius 3 is 2.46 bits per heavy atom. The fourth-order valence-electron chi connectivity index (χ4n) is 3.43. The molecule has 8 nitrogen and oxygen atoms in total. The molecule has 0 saturated heterocycles. The highest BCUT2D eigenvalue weighted by Gasteiger charge is 2.44. The molecule has 2 aliphatic rings. The Hall–Kier alpha value is -1.65. The van der Waals surface area contributed by atoms with Gasteiger partial charge >= 0.3 is 0 Å². The molecule has 0 amide bonds. The fourth-order valence-corrected chi connectivity index (χ4v) is 5.25. The highest BCUT2D eigenvalue weighted by atomic mass is 79.9. The Morgan fingerprint density at radius 1 is 1.17 bits per heavy atom. The summed E-state index contributed by atoms with van der Waals surface area (Å²) >= 11 is 3.27. The van der Waals surface area contributed by atoms with Gasteiger partial charge in [0.1, 0.15) is 10.6 Å². The van der Waals surface area contributed by atoms with Gasteiger partial charge in [0.2, 0.25) is 21.9 Å². The van der Waals surface area contributed by atoms with Gasteiger partial charge in [-0.15, -0.1) is 0 Å². The Labute approximate surface area is 149 Å². The van der Waals surface area contributed by atoms with Crippen LogP contribution in [0.15, 0.2) is 37.6 Å². The largest absolute Gasteiger partial charge is 0.369 e. The average Bonchev–Trinajstić information content (AvgIpc) is 2.45. The van der Waals surface area contributed by atoms with Crippen molar-refractivity contribution in [1.29, 1.82) is 0 Å². The maximum absolute atomic E-state index is 12.1. The third-order valence-electron chi connectivity index (χ3n) is 4.32. The van der Waals surface area contributed by atoms with Crippen LogP contribution in [0.5, 0.6) is 0 Å². The van der Waals surface area contributed by atoms with Crippen molar-refractivity contribution in [2.24, 2.45) is 26.6 Å². The summed E-state index contributed by atoms with van der Waals surface area (Å²) in [6.45, 7) is 0. The highest BCUT2D eigenvalue weighted by molar-refractivity contribution is 9.10. The molecular weight excluding hydrogens is 396 g/mol. The van der Waals surface area contributed by atoms with Crippen LogP contribution in [0.25, 0.3) is 0 Å². The second kappa shape index (κ2) is 6.01. The molecule has 1 heterocycles. The maximum atomic E-state index is 12.1. The lowest BCUT2D eigenvalue weighted by Crippen LogP contribution is -2.58. The van der Waals surface area contributed by atoms with Crippen LogP contribution in [-0.4, -0.2) is 26.0 Å². The Balaban J connectivity index is 2.24. The van der Waals surface area contributed by atoms with E-state index in [1.807, 2.05) is 0 Å². The predicted octanol–water partition coefficient (Wildman–Crippen LogP) is 1.21. The minimum atomic E-state index is -3.98. The number of aliphatic imine (C=N–C) groups is 2. The van der Waals surface area contributed by atoms with E-state index in [-0.39, 0.29) is 16.8 Å². The summed E-state index contributed by atoms with van der Waals surface area (Å²) in [5.74, 6) is 0.227. The molecule has 1 aliphatic carbocycles. The van der Waals surface area contributed by atoms with E-state index in [0.29, 0.717) is 23.0 Å². The highest BCUT2D eigenvalue weighted by Crippen LogP contribution is 2.42. The molecule has 0 aromatic heterocycles. The Kier molecular flexibility index (Phi) is 4.30. The lowest BCUT2D eigenvalue weighted by Gasteiger charge is -2.46. The predicted molar refractivity (Wildman–Crippen MR) is 97.1 cm³/mol. The zero-order valence-corrected chi connectivity index (χ0v) is 15.3. The number of rotatable bonds is 2. The van der Waals surface area contributed by atoms with Gasteiger partial charge in [-0.1, -0.05) is 12.5 Å². The molecule has 1 saturated carbocycles. The summed E-state index contributed by atoms with van der Waals surface area (Å²) in [6, 6.07) is 4.99. The number of sulfonamides is 1. The van der Waals surface area contributed by atoms with Gasteiger partial charge < -0.3 is 11.5 Å². The first-order valence-electron chi connectivity index (χ1n) is 7.56. The summed E-state index contributed by atoms with van der Waals surface area (Å²) in [7, 11) is -3.98. The van der Waals surface area contributed by atoms with Gasteiger partial charge in [-0.3, -0.25) is 4.90 Å². The van der Waals surface area contributed by atoms with Gasteiger partial charge in [0.25, 0.3) is 0 Å². The van der Waals surface area contributed by atoms with Crippen molar-refractivity contribution >= 4 is 43.6 Å². The molecule has 24 heavy (non-hydrogen) atoms. The molecule has 0 unspecified atom stereocenters. The van der Waals surface area contributed by atoms with Crippen LogP contribution in [0.4, 0.5) is 5.69 Å². The first-order valence-corrected chi connectivity index (χ1v) is 9.90. The van der Waals surface area contributed by atoms with E-state index in [1.54, 1.807) is 23.1 Å². The van der Waals surface area contributed by atoms with Crippen LogP contribution in [0, 0.1) is 0 Å². The van der Waals surface area contributed by atoms with Gasteiger partial charge in [-0.05, 0) is 53.7 Å². The number of nitrogens with two attached hydrogens (primary N) is 3. The van der Waals surface area contributed by atoms with E-state index in [9.17, 15) is 8.42 Å². The van der Waals surface area contributed by atoms with Crippen molar-refractivity contribution in [2.75, 3.05) is 4.90 Å². The zero-order valence-electron chi connectivity index (χ0n) is 12.9. The number of hydrogen-bond donors (Lipinski definition) is 3. The number of benzene rings is 1. The van der Waals surface area contributed by atoms with E-state index in [2.05, 4.69) is 25.9 Å². The van der Waals surface area contributed by atoms with E-state index in [0.717, 1.165) is 19.3 Å². The van der Waals surface area contributed by atoms with Gasteiger partial charge in [0.15, 0.2) is 0 Å². The SMILES string of the molecule is NC1=NC2(CCCCC2)N(c2cccc(Br)c2S(N)(=O)=O)C(N)=N1. The third kappa shape index (κ3) is 2.89. The van der Waals surface area contributed by atoms with Crippen molar-refractivity contribution in [3.8, 4) is 0 Å². The summed E-state index contributed by atoms with van der Waals surface area (Å²) in [4.78, 5) is 10.2. The van der Waals surface area contributed by atoms with E-state index < -0.39 is 15.7 Å². The average molecular weight is 415 g/mol. The molecule has 3 rings (SSSR count). The summed E-state index contributed by atoms with van der Waals surface area (Å²) in [5.41, 5.74) is 11.6. The number of halogens is 1. The van der Waals surface area contributed by atoms with E-state index in [1.165, 1.54) is 0 Å². The fraction of sp³-hybridized carbons (Fsp3) is 0.429. The minimum Gasteiger partial charge on any atom is -0.369 e. The normalized spacial score (nSPS) is 20.7. The van der Waals surface area contributed by atoms with Crippen LogP contribution >= 0.6 is 15.9 Å². The molecule has 0 bridgehead atoms. The maximum Gasteiger partial charge on any atom is 0.241 e. The number of nitrogens with zero attached hydrogens (tertiary/aromatic N) is 3. The van der Waals surface area contributed by atoms with Gasteiger partial charge in [0, 0.05) is 4.47 Å². The second-order valence-electron chi connectivity index (χ2n) is 5.95. The molecule has 1 aromatic rings. The standard InChI is InChI=1S/C14H19BrN6O2S/c15-9-5-4-6-10(11(9)24(18,22)23)21-13(17)19-12(16)20-14(21)7-2-1-3-8-14/h4-6H,1-3,7-8H2,(H2,18,22,23)(H4,16,17,19,20). The molecule has 0 radical (unpaired) electrons. The van der Waals surface area contributed by atoms with Gasteiger partial charge in [0.05, 0.1) is 5.69 Å². The molecule has 10 heteroatoms. The second-order valence-corrected chi connectivity index (χ2v) is 8.30. The first-order chi connectivity index (χ1) is 11.2. The van der Waals surface area contributed by atoms with Crippen molar-refractivity contribution in [1.82, 2.24) is 0 Å². The van der Waals surface area contributed by atoms with Crippen LogP contribution in [-0.2, 0) is 10.0 Å². The summed E-state index contributed by atoms with van der Waals surface area (Å²) in [6.07, 6.45) is 4.39. The zero-order chi connectivity index (χ0) is 17.5. The third-order valence-corrected chi connectivity index (χ3v) is 6.24. The number of primary sulfonamides is 1. The van der Waals surface area contributed by atoms with Gasteiger partial charge in [-0.25, -0.2) is 18.5 Å². The van der Waals surface area contributed by atoms with Crippen molar-refractivity contribution < 1.29 is 8.42 Å². The van der Waals surface area contributed by atoms with E-state index in [4.69, 9.17) is 16.6 Å². The number of hydrogen-bond acceptors (Lipinski definition) is 7. The van der Waals surface area contributed by atoms with Crippen LogP contribution in [0.3, 0.4) is 0 Å². The quantitative estimate of drug-likeness (QED) is 0.666. The van der Waals surface area contributed by atoms with Crippen LogP contribution in [0.2, 0.25) is 0 Å². The molecule has 1 aromatic carbocycles. The smallest absolute Gasteiger partial charge is 0.241 e. The van der Waals surface area contributed by atoms with Crippen LogP contribution < -0.4 is 21.5 Å². The van der Waals surface area contributed by atoms with Crippen molar-refractivity contribution in [3.63, 3.8) is 0 Å². The van der Waals surface area contributed by atoms with Crippen molar-refractivity contribution in [2.45, 2.75) is 42.7 Å². The Bertz CT molecular complexity index is 830. The molecule has 130 valence electrons. The minimum absolute atomic E-state index is 0.0382. The molecular formula is C14H19BrN6O2S. The molecule has 0 atom stereocenters. The summed E-state index contributed by atoms with van der Waals surface area (Å²) < 4.78 is 24.6. The van der Waals surface area contributed by atoms with Crippen molar-refractivity contribution in [3.05, 3.63) is 22.7 Å². The lowest BCUT2D eigenvalue weighted by atomic mass is 9.87. The lowest BCUT2D eigenvalue weighted by molar-refractivity contribution is 0.304. The molecule has 6 N–H and O–H groups in total. The first kappa shape index (κ1) is 17.2. The summed E-state index contributed by atoms with van der Waals surface area (Å²) in [5, 5.41) is 5.43. The van der Waals surface area contributed by atoms with Crippen LogP contribution in [0.1, 0.15) is 32.1 Å². The van der Waals surface area contributed by atoms with E-state index >= 15 is 0 Å². The van der Waals surface area contributed by atoms with Gasteiger partial charge in [-0.2, -0.15) is 4.99 Å². The molecule has 1 aliphatic heterocycles. The topological polar surface area (TPSA) is 140 Å². The number of guanidine groups is 2. The Morgan fingerprint density at radius 2 is 1.83 bits per heavy atom. The molecule has 1 spiro atoms. The number of anilines is 1. The molecule has 1 fully saturated rings. The monoisotopic (exact) mass is 414 g/mol.